The van der Waals surface area contributed by atoms with E-state index in [2.05, 4.69) is 15.4 Å². The van der Waals surface area contributed by atoms with Gasteiger partial charge in [0.2, 0.25) is 5.95 Å². The molecular formula is C17H20N4O3. The largest absolute Gasteiger partial charge is 0.494 e. The number of rotatable bonds is 5. The normalized spacial score (nSPS) is 16.4. The van der Waals surface area contributed by atoms with Crippen LogP contribution in [0, 0.1) is 0 Å². The van der Waals surface area contributed by atoms with Crippen molar-refractivity contribution in [1.82, 2.24) is 14.8 Å². The van der Waals surface area contributed by atoms with E-state index >= 15 is 0 Å². The lowest BCUT2D eigenvalue weighted by molar-refractivity contribution is -0.136. The summed E-state index contributed by atoms with van der Waals surface area (Å²) >= 11 is 0. The van der Waals surface area contributed by atoms with Crippen LogP contribution in [0.5, 0.6) is 5.75 Å². The molecule has 7 nitrogen and oxygen atoms in total. The molecule has 1 aliphatic heterocycles. The van der Waals surface area contributed by atoms with E-state index in [-0.39, 0.29) is 12.0 Å². The summed E-state index contributed by atoms with van der Waals surface area (Å²) in [6, 6.07) is 7.25. The zero-order valence-electron chi connectivity index (χ0n) is 13.9. The van der Waals surface area contributed by atoms with Crippen LogP contribution < -0.4 is 10.1 Å². The summed E-state index contributed by atoms with van der Waals surface area (Å²) < 4.78 is 12.2. The molecule has 1 aliphatic rings. The van der Waals surface area contributed by atoms with Crippen LogP contribution in [0.25, 0.3) is 0 Å². The lowest BCUT2D eigenvalue weighted by atomic mass is 9.94. The summed E-state index contributed by atoms with van der Waals surface area (Å²) in [6.07, 6.45) is 2.13. The third kappa shape index (κ3) is 2.73. The number of carbonyl (C=O) groups excluding carboxylic acids is 1. The molecule has 0 spiro atoms. The second-order valence-electron chi connectivity index (χ2n) is 5.30. The maximum atomic E-state index is 12.4. The molecule has 1 aromatic heterocycles. The highest BCUT2D eigenvalue weighted by atomic mass is 16.5. The zero-order valence-corrected chi connectivity index (χ0v) is 13.9. The number of aromatic nitrogens is 3. The van der Waals surface area contributed by atoms with Gasteiger partial charge in [0.05, 0.1) is 19.3 Å². The van der Waals surface area contributed by atoms with Gasteiger partial charge in [-0.1, -0.05) is 19.1 Å². The Hall–Kier alpha value is -2.83. The van der Waals surface area contributed by atoms with Crippen LogP contribution in [0.2, 0.25) is 0 Å². The van der Waals surface area contributed by atoms with Crippen LogP contribution in [0.4, 0.5) is 5.95 Å². The third-order valence-corrected chi connectivity index (χ3v) is 3.94. The highest BCUT2D eigenvalue weighted by Gasteiger charge is 2.34. The van der Waals surface area contributed by atoms with Crippen molar-refractivity contribution in [2.75, 3.05) is 19.0 Å². The Balaban J connectivity index is 2.10. The molecule has 24 heavy (non-hydrogen) atoms. The predicted molar refractivity (Wildman–Crippen MR) is 88.7 cm³/mol. The fourth-order valence-electron chi connectivity index (χ4n) is 2.86. The Morgan fingerprint density at radius 1 is 1.29 bits per heavy atom. The fraction of sp³-hybridized carbons (Fsp3) is 0.353. The lowest BCUT2D eigenvalue weighted by Gasteiger charge is -2.28. The first-order chi connectivity index (χ1) is 11.7. The minimum absolute atomic E-state index is 0.376. The van der Waals surface area contributed by atoms with E-state index in [1.165, 1.54) is 13.4 Å². The van der Waals surface area contributed by atoms with Crippen molar-refractivity contribution in [3.05, 3.63) is 47.4 Å². The Bertz CT molecular complexity index is 764. The number of nitrogens with zero attached hydrogens (tertiary/aromatic N) is 3. The Kier molecular flexibility index (Phi) is 4.50. The van der Waals surface area contributed by atoms with Gasteiger partial charge in [-0.25, -0.2) is 9.48 Å². The molecule has 3 rings (SSSR count). The minimum atomic E-state index is -0.387. The number of carbonyl (C=O) groups is 1. The number of hydrogen-bond acceptors (Lipinski definition) is 6. The average Bonchev–Trinajstić information content (AvgIpc) is 3.08. The highest BCUT2D eigenvalue weighted by molar-refractivity contribution is 5.92. The molecule has 0 unspecified atom stereocenters. The van der Waals surface area contributed by atoms with Crippen molar-refractivity contribution < 1.29 is 14.3 Å². The SMILES string of the molecule is CCOc1ccc([C@H]2C(C(=O)OC)=C(CC)Nc3ncnn32)cc1. The average molecular weight is 328 g/mol. The van der Waals surface area contributed by atoms with E-state index in [0.29, 0.717) is 24.5 Å². The molecule has 0 radical (unpaired) electrons. The van der Waals surface area contributed by atoms with Crippen LogP contribution in [-0.2, 0) is 9.53 Å². The number of ether oxygens (including phenoxy) is 2. The molecule has 1 N–H and O–H groups in total. The molecule has 2 aromatic rings. The maximum absolute atomic E-state index is 12.4. The minimum Gasteiger partial charge on any atom is -0.494 e. The van der Waals surface area contributed by atoms with Crippen LogP contribution in [0.15, 0.2) is 41.9 Å². The molecule has 2 heterocycles. The molecule has 1 aromatic carbocycles. The highest BCUT2D eigenvalue weighted by Crippen LogP contribution is 2.36. The van der Waals surface area contributed by atoms with Gasteiger partial charge in [-0.05, 0) is 31.0 Å². The summed E-state index contributed by atoms with van der Waals surface area (Å²) in [4.78, 5) is 16.6. The standard InChI is InChI=1S/C17H20N4O3/c1-4-13-14(16(22)23-3)15(21-17(20-13)18-10-19-21)11-6-8-12(9-7-11)24-5-2/h6-10,15H,4-5H2,1-3H3,(H,18,19,20)/t15-/m0/s1. The molecule has 126 valence electrons. The van der Waals surface area contributed by atoms with Gasteiger partial charge in [0, 0.05) is 5.70 Å². The van der Waals surface area contributed by atoms with Crippen molar-refractivity contribution in [2.24, 2.45) is 0 Å². The van der Waals surface area contributed by atoms with E-state index in [4.69, 9.17) is 9.47 Å². The van der Waals surface area contributed by atoms with Crippen LogP contribution >= 0.6 is 0 Å². The number of benzene rings is 1. The lowest BCUT2D eigenvalue weighted by Crippen LogP contribution is -2.29. The van der Waals surface area contributed by atoms with E-state index < -0.39 is 0 Å². The topological polar surface area (TPSA) is 78.3 Å². The molecule has 0 saturated heterocycles. The molecule has 1 atom stereocenters. The van der Waals surface area contributed by atoms with Gasteiger partial charge in [-0.2, -0.15) is 10.1 Å². The van der Waals surface area contributed by atoms with Gasteiger partial charge in [0.15, 0.2) is 0 Å². The van der Waals surface area contributed by atoms with Crippen molar-refractivity contribution in [1.29, 1.82) is 0 Å². The number of anilines is 1. The second-order valence-corrected chi connectivity index (χ2v) is 5.30. The van der Waals surface area contributed by atoms with Crippen molar-refractivity contribution in [3.8, 4) is 5.75 Å². The molecular weight excluding hydrogens is 308 g/mol. The van der Waals surface area contributed by atoms with Gasteiger partial charge in [-0.3, -0.25) is 0 Å². The van der Waals surface area contributed by atoms with E-state index in [1.807, 2.05) is 38.1 Å². The summed E-state index contributed by atoms with van der Waals surface area (Å²) in [5.41, 5.74) is 2.25. The Labute approximate surface area is 140 Å². The van der Waals surface area contributed by atoms with E-state index in [0.717, 1.165) is 17.0 Å². The van der Waals surface area contributed by atoms with E-state index in [9.17, 15) is 4.79 Å². The van der Waals surface area contributed by atoms with E-state index in [1.54, 1.807) is 4.68 Å². The number of nitrogens with one attached hydrogen (secondary N) is 1. The first-order valence-corrected chi connectivity index (χ1v) is 7.90. The summed E-state index contributed by atoms with van der Waals surface area (Å²) in [6.45, 7) is 4.52. The van der Waals surface area contributed by atoms with Gasteiger partial charge < -0.3 is 14.8 Å². The first-order valence-electron chi connectivity index (χ1n) is 7.90. The summed E-state index contributed by atoms with van der Waals surface area (Å²) in [5, 5.41) is 7.45. The molecule has 7 heteroatoms. The Morgan fingerprint density at radius 2 is 2.04 bits per heavy atom. The molecule has 0 amide bonds. The third-order valence-electron chi connectivity index (χ3n) is 3.94. The molecule has 0 bridgehead atoms. The number of fused-ring (bicyclic) bond motifs is 1. The van der Waals surface area contributed by atoms with Gasteiger partial charge >= 0.3 is 5.97 Å². The van der Waals surface area contributed by atoms with Crippen molar-refractivity contribution >= 4 is 11.9 Å². The Morgan fingerprint density at radius 3 is 2.67 bits per heavy atom. The predicted octanol–water partition coefficient (Wildman–Crippen LogP) is 2.53. The van der Waals surface area contributed by atoms with Gasteiger partial charge in [0.25, 0.3) is 0 Å². The number of esters is 1. The summed E-state index contributed by atoms with van der Waals surface area (Å²) in [7, 11) is 1.38. The summed E-state index contributed by atoms with van der Waals surface area (Å²) in [5.74, 6) is 1.02. The smallest absolute Gasteiger partial charge is 0.338 e. The monoisotopic (exact) mass is 328 g/mol. The van der Waals surface area contributed by atoms with Crippen molar-refractivity contribution in [3.63, 3.8) is 0 Å². The number of methoxy groups -OCH3 is 1. The molecule has 0 fully saturated rings. The number of allylic oxidation sites excluding steroid dienone is 1. The van der Waals surface area contributed by atoms with Gasteiger partial charge in [0.1, 0.15) is 18.1 Å². The van der Waals surface area contributed by atoms with Gasteiger partial charge in [-0.15, -0.1) is 0 Å². The number of hydrogen-bond donors (Lipinski definition) is 1. The maximum Gasteiger partial charge on any atom is 0.338 e. The first kappa shape index (κ1) is 16.0. The molecule has 0 saturated carbocycles. The zero-order chi connectivity index (χ0) is 17.1. The van der Waals surface area contributed by atoms with Crippen LogP contribution in [0.1, 0.15) is 31.9 Å². The van der Waals surface area contributed by atoms with Crippen LogP contribution in [0.3, 0.4) is 0 Å². The molecule has 0 aliphatic carbocycles. The second kappa shape index (κ2) is 6.74. The fourth-order valence-corrected chi connectivity index (χ4v) is 2.86. The van der Waals surface area contributed by atoms with Crippen LogP contribution in [-0.4, -0.2) is 34.5 Å². The van der Waals surface area contributed by atoms with Crippen molar-refractivity contribution in [2.45, 2.75) is 26.3 Å². The quantitative estimate of drug-likeness (QED) is 0.850.